The fraction of sp³-hybridized carbons (Fsp3) is 1.00. The topological polar surface area (TPSA) is 3.24 Å². The monoisotopic (exact) mass is 201 g/mol. The first-order valence-electron chi connectivity index (χ1n) is 5.49. The van der Waals surface area contributed by atoms with Gasteiger partial charge in [-0.1, -0.05) is 12.8 Å². The van der Waals surface area contributed by atoms with Gasteiger partial charge >= 0.3 is 0 Å². The van der Waals surface area contributed by atoms with E-state index in [2.05, 4.69) is 24.2 Å². The fourth-order valence-corrected chi connectivity index (χ4v) is 3.13. The molecule has 2 rings (SSSR count). The molecule has 2 fully saturated rings. The molecule has 13 heavy (non-hydrogen) atoms. The van der Waals surface area contributed by atoms with Crippen LogP contribution in [0.25, 0.3) is 0 Å². The Hall–Kier alpha value is 0.270. The van der Waals surface area contributed by atoms with E-state index in [1.807, 2.05) is 0 Å². The van der Waals surface area contributed by atoms with E-state index in [9.17, 15) is 0 Å². The van der Waals surface area contributed by atoms with Crippen LogP contribution >= 0.6 is 12.8 Å². The molecule has 0 aromatic heterocycles. The second kappa shape index (κ2) is 3.79. The van der Waals surface area contributed by atoms with E-state index < -0.39 is 0 Å². The summed E-state index contributed by atoms with van der Waals surface area (Å²) in [5.41, 5.74) is 0. The molecule has 2 aliphatic rings. The second-order valence-electron chi connectivity index (χ2n) is 4.82. The van der Waals surface area contributed by atoms with Crippen molar-refractivity contribution >= 4 is 12.8 Å². The Morgan fingerprint density at radius 1 is 1.15 bits per heavy atom. The van der Waals surface area contributed by atoms with Crippen molar-refractivity contribution in [1.29, 1.82) is 0 Å². The maximum atomic E-state index is 4.40. The van der Waals surface area contributed by atoms with Gasteiger partial charge in [0.1, 0.15) is 0 Å². The van der Waals surface area contributed by atoms with Crippen molar-refractivity contribution in [2.45, 2.75) is 31.7 Å². The summed E-state index contributed by atoms with van der Waals surface area (Å²) in [5.74, 6) is 0. The minimum Gasteiger partial charge on any atom is -0.324 e. The van der Waals surface area contributed by atoms with E-state index in [1.54, 1.807) is 0 Å². The van der Waals surface area contributed by atoms with Gasteiger partial charge in [-0.15, -0.1) is 0 Å². The number of quaternary nitrogens is 1. The van der Waals surface area contributed by atoms with E-state index in [-0.39, 0.29) is 0 Å². The summed E-state index contributed by atoms with van der Waals surface area (Å²) >= 11 is 4.40. The van der Waals surface area contributed by atoms with Crippen LogP contribution in [0.4, 0.5) is 0 Å². The first-order chi connectivity index (χ1) is 6.21. The lowest BCUT2D eigenvalue weighted by molar-refractivity contribution is -0.923. The van der Waals surface area contributed by atoms with E-state index in [4.69, 9.17) is 0 Å². The number of nitrogens with zero attached hydrogens (tertiary/aromatic N) is 2. The van der Waals surface area contributed by atoms with Crippen LogP contribution in [-0.4, -0.2) is 48.1 Å². The Labute approximate surface area is 87.0 Å². The molecular formula is C10H21N2S+. The predicted octanol–water partition coefficient (Wildman–Crippen LogP) is 1.54. The Kier molecular flexibility index (Phi) is 2.86. The molecule has 0 radical (unpaired) electrons. The average molecular weight is 201 g/mol. The van der Waals surface area contributed by atoms with Gasteiger partial charge in [0.15, 0.2) is 0 Å². The molecular weight excluding hydrogens is 180 g/mol. The minimum atomic E-state index is 0.922. The molecule has 3 heteroatoms. The van der Waals surface area contributed by atoms with Crippen LogP contribution in [0, 0.1) is 0 Å². The van der Waals surface area contributed by atoms with Crippen molar-refractivity contribution in [1.82, 2.24) is 4.31 Å². The molecule has 2 nitrogen and oxygen atoms in total. The Morgan fingerprint density at radius 2 is 1.69 bits per heavy atom. The van der Waals surface area contributed by atoms with Crippen LogP contribution in [0.2, 0.25) is 0 Å². The van der Waals surface area contributed by atoms with Crippen LogP contribution in [0.15, 0.2) is 0 Å². The molecule has 2 saturated heterocycles. The number of hydrogen-bond acceptors (Lipinski definition) is 2. The van der Waals surface area contributed by atoms with Gasteiger partial charge in [-0.05, 0) is 0 Å². The van der Waals surface area contributed by atoms with Crippen molar-refractivity contribution in [3.63, 3.8) is 0 Å². The van der Waals surface area contributed by atoms with Crippen molar-refractivity contribution in [2.24, 2.45) is 0 Å². The number of piperidine rings is 1. The van der Waals surface area contributed by atoms with Gasteiger partial charge in [0, 0.05) is 38.8 Å². The molecule has 0 aromatic rings. The number of thiol groups is 1. The van der Waals surface area contributed by atoms with Crippen LogP contribution in [0.3, 0.4) is 0 Å². The molecule has 0 aliphatic carbocycles. The zero-order valence-electron chi connectivity index (χ0n) is 8.58. The highest BCUT2D eigenvalue weighted by atomic mass is 32.1. The highest BCUT2D eigenvalue weighted by molar-refractivity contribution is 7.77. The van der Waals surface area contributed by atoms with Crippen LogP contribution in [-0.2, 0) is 0 Å². The number of likely N-dealkylation sites (tertiary alicyclic amines) is 1. The summed E-state index contributed by atoms with van der Waals surface area (Å²) < 4.78 is 3.51. The smallest absolute Gasteiger partial charge is 0.0913 e. The first-order valence-corrected chi connectivity index (χ1v) is 5.89. The second-order valence-corrected chi connectivity index (χ2v) is 5.38. The lowest BCUT2D eigenvalue weighted by Gasteiger charge is -2.41. The predicted molar refractivity (Wildman–Crippen MR) is 58.7 cm³/mol. The quantitative estimate of drug-likeness (QED) is 0.497. The van der Waals surface area contributed by atoms with Crippen molar-refractivity contribution in [3.8, 4) is 0 Å². The number of hydrogen-bond donors (Lipinski definition) is 1. The van der Waals surface area contributed by atoms with Gasteiger partial charge in [0.05, 0.1) is 26.2 Å². The van der Waals surface area contributed by atoms with Gasteiger partial charge in [0.2, 0.25) is 0 Å². The molecule has 0 saturated carbocycles. The van der Waals surface area contributed by atoms with Crippen molar-refractivity contribution in [3.05, 3.63) is 0 Å². The van der Waals surface area contributed by atoms with Crippen LogP contribution in [0.1, 0.15) is 25.7 Å². The van der Waals surface area contributed by atoms with Gasteiger partial charge in [-0.25, -0.2) is 0 Å². The molecule has 2 aliphatic heterocycles. The standard InChI is InChI=1S/C10H21N2S/c1-12(8-2-3-9-12)10-4-6-11(13)7-5-10/h10,13H,2-9H2,1H3/q+1. The zero-order chi connectivity index (χ0) is 9.31. The van der Waals surface area contributed by atoms with Gasteiger partial charge < -0.3 is 4.48 Å². The average Bonchev–Trinajstić information content (AvgIpc) is 2.54. The third-order valence-electron chi connectivity index (χ3n) is 3.91. The molecule has 76 valence electrons. The van der Waals surface area contributed by atoms with Gasteiger partial charge in [0.25, 0.3) is 0 Å². The van der Waals surface area contributed by atoms with E-state index in [0.29, 0.717) is 0 Å². The maximum absolute atomic E-state index is 4.40. The summed E-state index contributed by atoms with van der Waals surface area (Å²) in [7, 11) is 2.45. The summed E-state index contributed by atoms with van der Waals surface area (Å²) in [6.07, 6.45) is 5.58. The van der Waals surface area contributed by atoms with Crippen LogP contribution in [0.5, 0.6) is 0 Å². The Balaban J connectivity index is 1.93. The molecule has 0 amide bonds. The highest BCUT2D eigenvalue weighted by Crippen LogP contribution is 2.27. The maximum Gasteiger partial charge on any atom is 0.0913 e. The summed E-state index contributed by atoms with van der Waals surface area (Å²) in [6.45, 7) is 5.19. The highest BCUT2D eigenvalue weighted by Gasteiger charge is 2.37. The lowest BCUT2D eigenvalue weighted by Crippen LogP contribution is -2.53. The van der Waals surface area contributed by atoms with Gasteiger partial charge in [-0.3, -0.25) is 4.31 Å². The number of rotatable bonds is 1. The lowest BCUT2D eigenvalue weighted by atomic mass is 10.0. The molecule has 0 unspecified atom stereocenters. The molecule has 0 bridgehead atoms. The normalized spacial score (nSPS) is 30.9. The molecule has 0 atom stereocenters. The zero-order valence-corrected chi connectivity index (χ0v) is 9.47. The largest absolute Gasteiger partial charge is 0.324 e. The SMILES string of the molecule is C[N+]1(C2CCN(S)CC2)CCCC1. The Morgan fingerprint density at radius 3 is 2.23 bits per heavy atom. The fourth-order valence-electron chi connectivity index (χ4n) is 2.90. The third-order valence-corrected chi connectivity index (χ3v) is 4.31. The van der Waals surface area contributed by atoms with Crippen LogP contribution < -0.4 is 0 Å². The summed E-state index contributed by atoms with van der Waals surface area (Å²) in [5, 5.41) is 0. The first kappa shape index (κ1) is 9.81. The minimum absolute atomic E-state index is 0.922. The van der Waals surface area contributed by atoms with Crippen molar-refractivity contribution in [2.75, 3.05) is 33.2 Å². The van der Waals surface area contributed by atoms with E-state index in [1.165, 1.54) is 56.3 Å². The van der Waals surface area contributed by atoms with E-state index in [0.717, 1.165) is 6.04 Å². The summed E-state index contributed by atoms with van der Waals surface area (Å²) in [6, 6.07) is 0.922. The van der Waals surface area contributed by atoms with Gasteiger partial charge in [-0.2, -0.15) is 0 Å². The molecule has 0 N–H and O–H groups in total. The molecule has 0 spiro atoms. The third kappa shape index (κ3) is 2.03. The summed E-state index contributed by atoms with van der Waals surface area (Å²) in [4.78, 5) is 0. The van der Waals surface area contributed by atoms with Crippen molar-refractivity contribution < 1.29 is 4.48 Å². The molecule has 2 heterocycles. The Bertz CT molecular complexity index is 170. The molecule has 0 aromatic carbocycles. The van der Waals surface area contributed by atoms with E-state index >= 15 is 0 Å².